The second-order valence-electron chi connectivity index (χ2n) is 8.69. The van der Waals surface area contributed by atoms with Gasteiger partial charge >= 0.3 is 5.97 Å². The van der Waals surface area contributed by atoms with Crippen LogP contribution in [-0.4, -0.2) is 46.2 Å². The number of nitrogens with zero attached hydrogens (tertiary/aromatic N) is 2. The van der Waals surface area contributed by atoms with Gasteiger partial charge in [0.2, 0.25) is 6.10 Å². The molecule has 2 heterocycles. The number of fused-ring (bicyclic) bond motifs is 1. The summed E-state index contributed by atoms with van der Waals surface area (Å²) in [6, 6.07) is 16.7. The Balaban J connectivity index is 1.38. The Labute approximate surface area is 216 Å². The lowest BCUT2D eigenvalue weighted by Crippen LogP contribution is -2.49. The lowest BCUT2D eigenvalue weighted by atomic mass is 9.91. The van der Waals surface area contributed by atoms with Gasteiger partial charge in [-0.15, -0.1) is 0 Å². The smallest absolute Gasteiger partial charge is 0.335 e. The van der Waals surface area contributed by atoms with Crippen molar-refractivity contribution in [3.63, 3.8) is 0 Å². The summed E-state index contributed by atoms with van der Waals surface area (Å²) in [7, 11) is 0. The Kier molecular flexibility index (Phi) is 6.62. The van der Waals surface area contributed by atoms with Gasteiger partial charge in [0.25, 0.3) is 11.8 Å². The Bertz CT molecular complexity index is 1430. The van der Waals surface area contributed by atoms with Crippen LogP contribution in [0.25, 0.3) is 0 Å². The van der Waals surface area contributed by atoms with Gasteiger partial charge in [0, 0.05) is 24.2 Å². The normalized spacial score (nSPS) is 18.4. The third kappa shape index (κ3) is 4.77. The van der Waals surface area contributed by atoms with Crippen LogP contribution in [0, 0.1) is 5.82 Å². The summed E-state index contributed by atoms with van der Waals surface area (Å²) in [5.74, 6) is -2.62. The lowest BCUT2D eigenvalue weighted by Gasteiger charge is -2.37. The molecule has 0 aromatic heterocycles. The van der Waals surface area contributed by atoms with Crippen molar-refractivity contribution in [3.05, 3.63) is 99.8 Å². The first-order valence-electron chi connectivity index (χ1n) is 11.5. The summed E-state index contributed by atoms with van der Waals surface area (Å²) in [6.45, 7) is 0.270. The fourth-order valence-electron chi connectivity index (χ4n) is 4.57. The molecule has 0 radical (unpaired) electrons. The molecular weight excluding hydrogens is 501 g/mol. The first-order chi connectivity index (χ1) is 17.8. The van der Waals surface area contributed by atoms with E-state index in [2.05, 4.69) is 10.5 Å². The topological polar surface area (TPSA) is 108 Å². The molecule has 0 fully saturated rings. The van der Waals surface area contributed by atoms with E-state index >= 15 is 0 Å². The van der Waals surface area contributed by atoms with Crippen molar-refractivity contribution in [1.82, 2.24) is 4.90 Å². The van der Waals surface area contributed by atoms with E-state index in [1.165, 1.54) is 41.3 Å². The number of nitrogens with one attached hydrogen (secondary N) is 1. The van der Waals surface area contributed by atoms with Crippen molar-refractivity contribution in [3.8, 4) is 0 Å². The van der Waals surface area contributed by atoms with Crippen LogP contribution in [-0.2, 0) is 20.8 Å². The van der Waals surface area contributed by atoms with E-state index in [-0.39, 0.29) is 34.8 Å². The number of carboxylic acids is 1. The fourth-order valence-corrected chi connectivity index (χ4v) is 4.75. The molecule has 0 aliphatic carbocycles. The molecule has 1 unspecified atom stereocenters. The second-order valence-corrected chi connectivity index (χ2v) is 9.10. The predicted octanol–water partition coefficient (Wildman–Crippen LogP) is 4.44. The molecule has 0 bridgehead atoms. The van der Waals surface area contributed by atoms with Crippen molar-refractivity contribution in [2.24, 2.45) is 5.16 Å². The maximum Gasteiger partial charge on any atom is 0.335 e. The van der Waals surface area contributed by atoms with Crippen LogP contribution in [0.2, 0.25) is 5.02 Å². The largest absolute Gasteiger partial charge is 0.478 e. The fraction of sp³-hybridized carbons (Fsp3) is 0.185. The maximum atomic E-state index is 14.5. The number of carbonyl (C=O) groups is 3. The summed E-state index contributed by atoms with van der Waals surface area (Å²) in [5, 5.41) is 15.8. The third-order valence-electron chi connectivity index (χ3n) is 6.42. The van der Waals surface area contributed by atoms with Gasteiger partial charge in [0.15, 0.2) is 5.82 Å². The van der Waals surface area contributed by atoms with Crippen LogP contribution in [0.3, 0.4) is 0 Å². The molecule has 5 rings (SSSR count). The zero-order valence-electron chi connectivity index (χ0n) is 19.4. The standard InChI is InChI=1S/C27H21ClFN3O5/c28-20-7-3-6-19(23(20)29)21-14-22(37-31-21)26(34)32-13-12-15-4-1-2-5-18(15)24(32)25(33)30-17-10-8-16(9-11-17)27(35)36/h1-11,22,24H,12-14H2,(H,30,33)(H,35,36)/t22?,24-/m0/s1. The Morgan fingerprint density at radius 2 is 1.81 bits per heavy atom. The summed E-state index contributed by atoms with van der Waals surface area (Å²) in [5.41, 5.74) is 2.52. The van der Waals surface area contributed by atoms with Crippen LogP contribution < -0.4 is 5.32 Å². The van der Waals surface area contributed by atoms with Gasteiger partial charge in [-0.3, -0.25) is 9.59 Å². The zero-order chi connectivity index (χ0) is 26.1. The highest BCUT2D eigenvalue weighted by molar-refractivity contribution is 6.31. The summed E-state index contributed by atoms with van der Waals surface area (Å²) in [4.78, 5) is 45.1. The molecular formula is C27H21ClFN3O5. The predicted molar refractivity (Wildman–Crippen MR) is 134 cm³/mol. The van der Waals surface area contributed by atoms with Gasteiger partial charge < -0.3 is 20.2 Å². The average Bonchev–Trinajstić information content (AvgIpc) is 3.39. The molecule has 0 saturated heterocycles. The number of benzene rings is 3. The summed E-state index contributed by atoms with van der Waals surface area (Å²) >= 11 is 5.89. The summed E-state index contributed by atoms with van der Waals surface area (Å²) in [6.07, 6.45) is -0.453. The minimum atomic E-state index is -1.08. The Hall–Kier alpha value is -4.24. The number of hydrogen-bond acceptors (Lipinski definition) is 5. The second kappa shape index (κ2) is 10.0. The van der Waals surface area contributed by atoms with E-state index < -0.39 is 35.7 Å². The maximum absolute atomic E-state index is 14.5. The molecule has 2 atom stereocenters. The Morgan fingerprint density at radius 3 is 2.57 bits per heavy atom. The number of carboxylic acid groups (broad SMARTS) is 1. The van der Waals surface area contributed by atoms with Crippen LogP contribution in [0.5, 0.6) is 0 Å². The van der Waals surface area contributed by atoms with E-state index in [9.17, 15) is 18.8 Å². The van der Waals surface area contributed by atoms with Gasteiger partial charge in [0.1, 0.15) is 6.04 Å². The zero-order valence-corrected chi connectivity index (χ0v) is 20.1. The van der Waals surface area contributed by atoms with Crippen molar-refractivity contribution >= 4 is 40.8 Å². The average molecular weight is 522 g/mol. The molecule has 0 spiro atoms. The molecule has 2 N–H and O–H groups in total. The quantitative estimate of drug-likeness (QED) is 0.516. The molecule has 2 aliphatic rings. The number of amides is 2. The minimum absolute atomic E-state index is 0.0270. The van der Waals surface area contributed by atoms with Crippen molar-refractivity contribution in [1.29, 1.82) is 0 Å². The van der Waals surface area contributed by atoms with Gasteiger partial charge in [-0.2, -0.15) is 0 Å². The van der Waals surface area contributed by atoms with Crippen LogP contribution >= 0.6 is 11.6 Å². The molecule has 8 nitrogen and oxygen atoms in total. The number of hydrogen-bond donors (Lipinski definition) is 2. The molecule has 0 saturated carbocycles. The SMILES string of the molecule is O=C(O)c1ccc(NC(=O)[C@@H]2c3ccccc3CCN2C(=O)C2CC(c3cccc(Cl)c3F)=NO2)cc1. The van der Waals surface area contributed by atoms with E-state index in [0.29, 0.717) is 17.7 Å². The number of aromatic carboxylic acids is 1. The van der Waals surface area contributed by atoms with Gasteiger partial charge in [-0.1, -0.05) is 47.1 Å². The van der Waals surface area contributed by atoms with Crippen LogP contribution in [0.1, 0.15) is 39.5 Å². The molecule has 2 amide bonds. The van der Waals surface area contributed by atoms with E-state index in [4.69, 9.17) is 21.5 Å². The molecule has 3 aromatic carbocycles. The van der Waals surface area contributed by atoms with Crippen LogP contribution in [0.15, 0.2) is 71.9 Å². The lowest BCUT2D eigenvalue weighted by molar-refractivity contribution is -0.148. The summed E-state index contributed by atoms with van der Waals surface area (Å²) < 4.78 is 14.5. The van der Waals surface area contributed by atoms with Crippen LogP contribution in [0.4, 0.5) is 10.1 Å². The highest BCUT2D eigenvalue weighted by atomic mass is 35.5. The Morgan fingerprint density at radius 1 is 1.05 bits per heavy atom. The third-order valence-corrected chi connectivity index (χ3v) is 6.71. The number of halogens is 2. The molecule has 188 valence electrons. The molecule has 10 heteroatoms. The van der Waals surface area contributed by atoms with E-state index in [1.54, 1.807) is 18.2 Å². The van der Waals surface area contributed by atoms with E-state index in [1.807, 2.05) is 12.1 Å². The number of carbonyl (C=O) groups excluding carboxylic acids is 2. The minimum Gasteiger partial charge on any atom is -0.478 e. The van der Waals surface area contributed by atoms with Crippen molar-refractivity contribution in [2.75, 3.05) is 11.9 Å². The first-order valence-corrected chi connectivity index (χ1v) is 11.9. The first kappa shape index (κ1) is 24.5. The number of rotatable bonds is 5. The van der Waals surface area contributed by atoms with Crippen molar-refractivity contribution < 1.29 is 28.7 Å². The van der Waals surface area contributed by atoms with Gasteiger partial charge in [0.05, 0.1) is 16.3 Å². The molecule has 3 aromatic rings. The highest BCUT2D eigenvalue weighted by Crippen LogP contribution is 2.33. The number of oxime groups is 1. The monoisotopic (exact) mass is 521 g/mol. The molecule has 2 aliphatic heterocycles. The van der Waals surface area contributed by atoms with E-state index in [0.717, 1.165) is 5.56 Å². The highest BCUT2D eigenvalue weighted by Gasteiger charge is 2.41. The van der Waals surface area contributed by atoms with Gasteiger partial charge in [-0.05, 0) is 53.9 Å². The van der Waals surface area contributed by atoms with Crippen molar-refractivity contribution in [2.45, 2.75) is 25.0 Å². The molecule has 37 heavy (non-hydrogen) atoms. The van der Waals surface area contributed by atoms with Gasteiger partial charge in [-0.25, -0.2) is 9.18 Å². The number of anilines is 1.